The average molecular weight is 262 g/mol. The number of fused-ring (bicyclic) bond motifs is 1. The molecule has 19 heavy (non-hydrogen) atoms. The molecule has 2 aromatic rings. The molecule has 0 N–H and O–H groups in total. The molecule has 3 rings (SSSR count). The number of methoxy groups -OCH3 is 1. The van der Waals surface area contributed by atoms with E-state index in [2.05, 4.69) is 15.2 Å². The van der Waals surface area contributed by atoms with Crippen LogP contribution in [0.15, 0.2) is 22.8 Å². The van der Waals surface area contributed by atoms with E-state index < -0.39 is 0 Å². The first-order chi connectivity index (χ1) is 9.28. The number of aromatic nitrogens is 3. The number of ether oxygens (including phenoxy) is 1. The number of aryl methyl sites for hydroxylation is 1. The van der Waals surface area contributed by atoms with Gasteiger partial charge >= 0.3 is 0 Å². The van der Waals surface area contributed by atoms with Gasteiger partial charge in [0.2, 0.25) is 0 Å². The third-order valence-electron chi connectivity index (χ3n) is 3.51. The molecule has 0 saturated carbocycles. The molecule has 0 amide bonds. The molecule has 0 spiro atoms. The monoisotopic (exact) mass is 262 g/mol. The molecule has 0 saturated heterocycles. The van der Waals surface area contributed by atoms with Crippen LogP contribution in [0.25, 0.3) is 0 Å². The molecule has 1 aliphatic rings. The Hall–Kier alpha value is -1.66. The summed E-state index contributed by atoms with van der Waals surface area (Å²) in [5.74, 6) is 1.28. The van der Waals surface area contributed by atoms with E-state index >= 15 is 0 Å². The smallest absolute Gasteiger partial charge is 0.117 e. The van der Waals surface area contributed by atoms with Gasteiger partial charge in [-0.25, -0.2) is 0 Å². The van der Waals surface area contributed by atoms with Crippen LogP contribution < -0.4 is 0 Å². The Kier molecular flexibility index (Phi) is 3.35. The van der Waals surface area contributed by atoms with Gasteiger partial charge in [0.15, 0.2) is 0 Å². The minimum absolute atomic E-state index is 0.309. The first-order valence-corrected chi connectivity index (χ1v) is 6.40. The Morgan fingerprint density at radius 2 is 2.42 bits per heavy atom. The lowest BCUT2D eigenvalue weighted by Gasteiger charge is -2.31. The summed E-state index contributed by atoms with van der Waals surface area (Å²) in [7, 11) is 3.67. The number of hydrogen-bond donors (Lipinski definition) is 0. The second kappa shape index (κ2) is 5.14. The lowest BCUT2D eigenvalue weighted by molar-refractivity contribution is 0.128. The van der Waals surface area contributed by atoms with Crippen LogP contribution in [0.3, 0.4) is 0 Å². The van der Waals surface area contributed by atoms with Crippen molar-refractivity contribution in [3.8, 4) is 0 Å². The maximum absolute atomic E-state index is 5.41. The minimum atomic E-state index is 0.309. The molecule has 102 valence electrons. The molecule has 6 heteroatoms. The standard InChI is InChI=1S/C13H18N4O2/c1-16-13-10(9-18-2)6-17(8-12(13)14-15-16)7-11-4-3-5-19-11/h3-5,10H,6-9H2,1-2H3. The predicted octanol–water partition coefficient (Wildman–Crippen LogP) is 1.15. The van der Waals surface area contributed by atoms with Crippen LogP contribution >= 0.6 is 0 Å². The zero-order chi connectivity index (χ0) is 13.2. The van der Waals surface area contributed by atoms with Gasteiger partial charge in [0.1, 0.15) is 11.5 Å². The Morgan fingerprint density at radius 3 is 3.16 bits per heavy atom. The van der Waals surface area contributed by atoms with E-state index in [-0.39, 0.29) is 0 Å². The van der Waals surface area contributed by atoms with E-state index in [0.29, 0.717) is 12.5 Å². The SMILES string of the molecule is COCC1CN(Cc2ccco2)Cc2nnn(C)c21. The summed E-state index contributed by atoms with van der Waals surface area (Å²) in [6.07, 6.45) is 1.71. The fourth-order valence-corrected chi connectivity index (χ4v) is 2.77. The highest BCUT2D eigenvalue weighted by molar-refractivity contribution is 5.20. The lowest BCUT2D eigenvalue weighted by Crippen LogP contribution is -2.35. The van der Waals surface area contributed by atoms with Gasteiger partial charge in [-0.3, -0.25) is 9.58 Å². The van der Waals surface area contributed by atoms with Crippen LogP contribution in [0.1, 0.15) is 23.1 Å². The fourth-order valence-electron chi connectivity index (χ4n) is 2.77. The predicted molar refractivity (Wildman–Crippen MR) is 68.4 cm³/mol. The quantitative estimate of drug-likeness (QED) is 0.827. The number of rotatable bonds is 4. The molecule has 6 nitrogen and oxygen atoms in total. The van der Waals surface area contributed by atoms with Crippen LogP contribution in [0.5, 0.6) is 0 Å². The van der Waals surface area contributed by atoms with Gasteiger partial charge in [0, 0.05) is 33.2 Å². The highest BCUT2D eigenvalue weighted by Crippen LogP contribution is 2.27. The van der Waals surface area contributed by atoms with Gasteiger partial charge in [0.05, 0.1) is 25.1 Å². The van der Waals surface area contributed by atoms with E-state index in [1.165, 1.54) is 5.69 Å². The van der Waals surface area contributed by atoms with Crippen molar-refractivity contribution in [3.05, 3.63) is 35.5 Å². The van der Waals surface area contributed by atoms with Gasteiger partial charge in [-0.1, -0.05) is 5.21 Å². The van der Waals surface area contributed by atoms with Gasteiger partial charge in [-0.15, -0.1) is 5.10 Å². The first kappa shape index (κ1) is 12.4. The summed E-state index contributed by atoms with van der Waals surface area (Å²) in [5.41, 5.74) is 2.24. The number of nitrogens with zero attached hydrogens (tertiary/aromatic N) is 4. The van der Waals surface area contributed by atoms with Crippen LogP contribution in [-0.4, -0.2) is 40.2 Å². The molecule has 0 fully saturated rings. The van der Waals surface area contributed by atoms with Crippen LogP contribution in [0.2, 0.25) is 0 Å². The van der Waals surface area contributed by atoms with Crippen LogP contribution in [0.4, 0.5) is 0 Å². The first-order valence-electron chi connectivity index (χ1n) is 6.40. The largest absolute Gasteiger partial charge is 0.468 e. The van der Waals surface area contributed by atoms with E-state index in [0.717, 1.165) is 31.1 Å². The Morgan fingerprint density at radius 1 is 1.53 bits per heavy atom. The van der Waals surface area contributed by atoms with E-state index in [9.17, 15) is 0 Å². The minimum Gasteiger partial charge on any atom is -0.468 e. The lowest BCUT2D eigenvalue weighted by atomic mass is 9.99. The average Bonchev–Trinajstić information content (AvgIpc) is 3.00. The molecule has 0 bridgehead atoms. The number of hydrogen-bond acceptors (Lipinski definition) is 5. The van der Waals surface area contributed by atoms with Crippen LogP contribution in [-0.2, 0) is 24.9 Å². The van der Waals surface area contributed by atoms with Crippen molar-refractivity contribution >= 4 is 0 Å². The second-order valence-corrected chi connectivity index (χ2v) is 4.95. The normalized spacial score (nSPS) is 19.6. The van der Waals surface area contributed by atoms with Crippen molar-refractivity contribution in [1.29, 1.82) is 0 Å². The van der Waals surface area contributed by atoms with Gasteiger partial charge in [-0.2, -0.15) is 0 Å². The van der Waals surface area contributed by atoms with Crippen LogP contribution in [0, 0.1) is 0 Å². The molecule has 0 radical (unpaired) electrons. The zero-order valence-corrected chi connectivity index (χ0v) is 11.2. The maximum atomic E-state index is 5.41. The highest BCUT2D eigenvalue weighted by atomic mass is 16.5. The van der Waals surface area contributed by atoms with Crippen molar-refractivity contribution in [2.24, 2.45) is 7.05 Å². The van der Waals surface area contributed by atoms with Crippen molar-refractivity contribution in [2.45, 2.75) is 19.0 Å². The zero-order valence-electron chi connectivity index (χ0n) is 11.2. The maximum Gasteiger partial charge on any atom is 0.117 e. The molecule has 1 unspecified atom stereocenters. The van der Waals surface area contributed by atoms with Gasteiger partial charge in [0.25, 0.3) is 0 Å². The van der Waals surface area contributed by atoms with E-state index in [4.69, 9.17) is 9.15 Å². The molecule has 0 aliphatic carbocycles. The van der Waals surface area contributed by atoms with Crippen molar-refractivity contribution in [3.63, 3.8) is 0 Å². The molecular weight excluding hydrogens is 244 g/mol. The summed E-state index contributed by atoms with van der Waals surface area (Å²) in [5, 5.41) is 8.38. The molecule has 1 atom stereocenters. The van der Waals surface area contributed by atoms with Gasteiger partial charge in [-0.05, 0) is 12.1 Å². The summed E-state index contributed by atoms with van der Waals surface area (Å²) in [6.45, 7) is 3.22. The topological polar surface area (TPSA) is 56.3 Å². The van der Waals surface area contributed by atoms with Gasteiger partial charge < -0.3 is 9.15 Å². The molecular formula is C13H18N4O2. The Labute approximate surface area is 112 Å². The Balaban J connectivity index is 1.80. The van der Waals surface area contributed by atoms with E-state index in [1.54, 1.807) is 13.4 Å². The highest BCUT2D eigenvalue weighted by Gasteiger charge is 2.30. The summed E-state index contributed by atoms with van der Waals surface area (Å²) in [4.78, 5) is 2.32. The van der Waals surface area contributed by atoms with Crippen molar-refractivity contribution in [1.82, 2.24) is 19.9 Å². The molecule has 2 aromatic heterocycles. The summed E-state index contributed by atoms with van der Waals surface area (Å²) < 4.78 is 12.6. The molecule has 1 aliphatic heterocycles. The van der Waals surface area contributed by atoms with Crippen molar-refractivity contribution in [2.75, 3.05) is 20.3 Å². The molecule has 3 heterocycles. The summed E-state index contributed by atoms with van der Waals surface area (Å²) in [6, 6.07) is 3.91. The third-order valence-corrected chi connectivity index (χ3v) is 3.51. The second-order valence-electron chi connectivity index (χ2n) is 4.95. The Bertz CT molecular complexity index is 535. The van der Waals surface area contributed by atoms with Crippen molar-refractivity contribution < 1.29 is 9.15 Å². The molecule has 0 aromatic carbocycles. The van der Waals surface area contributed by atoms with E-state index in [1.807, 2.05) is 23.9 Å². The summed E-state index contributed by atoms with van der Waals surface area (Å²) >= 11 is 0. The number of furan rings is 1. The third kappa shape index (κ3) is 2.41. The fraction of sp³-hybridized carbons (Fsp3) is 0.538.